The minimum Gasteiger partial charge on any atom is -0.397 e. The van der Waals surface area contributed by atoms with Crippen LogP contribution in [0.1, 0.15) is 20.8 Å². The molecule has 1 aromatic rings. The van der Waals surface area contributed by atoms with Crippen molar-refractivity contribution < 1.29 is 13.5 Å². The monoisotopic (exact) mass is 301 g/mol. The predicted molar refractivity (Wildman–Crippen MR) is 81.1 cm³/mol. The van der Waals surface area contributed by atoms with E-state index < -0.39 is 16.1 Å². The Labute approximate surface area is 120 Å². The Kier molecular flexibility index (Phi) is 5.79. The van der Waals surface area contributed by atoms with Crippen LogP contribution in [0.2, 0.25) is 0 Å². The van der Waals surface area contributed by atoms with Gasteiger partial charge in [-0.3, -0.25) is 0 Å². The van der Waals surface area contributed by atoms with Crippen LogP contribution in [0.4, 0.5) is 11.4 Å². The van der Waals surface area contributed by atoms with Crippen LogP contribution in [-0.4, -0.2) is 32.7 Å². The molecule has 0 fully saturated rings. The van der Waals surface area contributed by atoms with Crippen LogP contribution in [0, 0.1) is 5.92 Å². The fraction of sp³-hybridized carbons (Fsp3) is 0.538. The maximum atomic E-state index is 11.9. The van der Waals surface area contributed by atoms with E-state index in [1.807, 2.05) is 13.8 Å². The Morgan fingerprint density at radius 3 is 2.55 bits per heavy atom. The second-order valence-electron chi connectivity index (χ2n) is 4.94. The summed E-state index contributed by atoms with van der Waals surface area (Å²) in [4.78, 5) is 0.148. The van der Waals surface area contributed by atoms with Gasteiger partial charge in [0.25, 0.3) is 0 Å². The molecule has 1 atom stereocenters. The van der Waals surface area contributed by atoms with E-state index in [9.17, 15) is 13.5 Å². The normalized spacial score (nSPS) is 13.4. The lowest BCUT2D eigenvalue weighted by Gasteiger charge is -2.17. The molecule has 5 N–H and O–H groups in total. The van der Waals surface area contributed by atoms with E-state index >= 15 is 0 Å². The number of aliphatic hydroxyl groups excluding tert-OH is 1. The Balaban J connectivity index is 2.93. The summed E-state index contributed by atoms with van der Waals surface area (Å²) in [6.07, 6.45) is -0.525. The molecule has 0 amide bonds. The van der Waals surface area contributed by atoms with Gasteiger partial charge in [0.05, 0.1) is 22.4 Å². The van der Waals surface area contributed by atoms with E-state index in [0.29, 0.717) is 24.5 Å². The average molecular weight is 301 g/mol. The summed E-state index contributed by atoms with van der Waals surface area (Å²) in [5.41, 5.74) is 6.75. The van der Waals surface area contributed by atoms with Crippen LogP contribution in [0.15, 0.2) is 23.1 Å². The van der Waals surface area contributed by atoms with Crippen molar-refractivity contribution in [1.29, 1.82) is 0 Å². The average Bonchev–Trinajstić information content (AvgIpc) is 2.36. The first kappa shape index (κ1) is 16.7. The topological polar surface area (TPSA) is 104 Å². The second-order valence-corrected chi connectivity index (χ2v) is 6.71. The van der Waals surface area contributed by atoms with Crippen molar-refractivity contribution in [2.24, 2.45) is 5.92 Å². The van der Waals surface area contributed by atoms with Gasteiger partial charge in [0.15, 0.2) is 0 Å². The summed E-state index contributed by atoms with van der Waals surface area (Å²) in [6, 6.07) is 4.46. The molecule has 0 aliphatic rings. The molecule has 114 valence electrons. The fourth-order valence-electron chi connectivity index (χ4n) is 1.58. The van der Waals surface area contributed by atoms with Crippen LogP contribution >= 0.6 is 0 Å². The molecule has 0 saturated carbocycles. The second kappa shape index (κ2) is 6.92. The van der Waals surface area contributed by atoms with Crippen molar-refractivity contribution in [3.63, 3.8) is 0 Å². The van der Waals surface area contributed by atoms with E-state index in [-0.39, 0.29) is 10.8 Å². The largest absolute Gasteiger partial charge is 0.397 e. The van der Waals surface area contributed by atoms with E-state index in [0.717, 1.165) is 0 Å². The highest BCUT2D eigenvalue weighted by atomic mass is 32.2. The zero-order chi connectivity index (χ0) is 15.3. The minimum atomic E-state index is -3.51. The molecule has 6 nitrogen and oxygen atoms in total. The third-order valence-electron chi connectivity index (χ3n) is 2.94. The van der Waals surface area contributed by atoms with Crippen molar-refractivity contribution in [3.05, 3.63) is 18.2 Å². The van der Waals surface area contributed by atoms with E-state index in [1.54, 1.807) is 6.92 Å². The number of nitrogen functional groups attached to an aromatic ring is 1. The molecule has 20 heavy (non-hydrogen) atoms. The summed E-state index contributed by atoms with van der Waals surface area (Å²) in [5.74, 6) is 0.109. The number of nitrogens with two attached hydrogens (primary N) is 1. The Morgan fingerprint density at radius 2 is 2.00 bits per heavy atom. The molecule has 0 aromatic heterocycles. The highest BCUT2D eigenvalue weighted by Gasteiger charge is 2.15. The highest BCUT2D eigenvalue weighted by Crippen LogP contribution is 2.23. The molecular formula is C13H23N3O3S. The summed E-state index contributed by atoms with van der Waals surface area (Å²) < 4.78 is 26.2. The Morgan fingerprint density at radius 1 is 1.35 bits per heavy atom. The zero-order valence-electron chi connectivity index (χ0n) is 12.1. The third-order valence-corrected chi connectivity index (χ3v) is 4.48. The smallest absolute Gasteiger partial charge is 0.240 e. The number of aliphatic hydroxyl groups is 1. The van der Waals surface area contributed by atoms with Crippen molar-refractivity contribution >= 4 is 21.4 Å². The summed E-state index contributed by atoms with van der Waals surface area (Å²) in [5, 5.41) is 12.7. The van der Waals surface area contributed by atoms with Gasteiger partial charge < -0.3 is 16.2 Å². The van der Waals surface area contributed by atoms with Gasteiger partial charge in [0.1, 0.15) is 0 Å². The van der Waals surface area contributed by atoms with E-state index in [4.69, 9.17) is 5.73 Å². The van der Waals surface area contributed by atoms with Gasteiger partial charge in [0.2, 0.25) is 10.0 Å². The van der Waals surface area contributed by atoms with Gasteiger partial charge >= 0.3 is 0 Å². The number of rotatable bonds is 7. The van der Waals surface area contributed by atoms with Crippen LogP contribution in [0.25, 0.3) is 0 Å². The first-order valence-corrected chi connectivity index (χ1v) is 8.07. The standard InChI is InChI=1S/C13H23N3O3S/c1-4-16-20(18,19)10-5-6-11(14)12(7-10)15-8-13(17)9(2)3/h5-7,9,13,15-17H,4,8,14H2,1-3H3. The van der Waals surface area contributed by atoms with Crippen LogP contribution in [-0.2, 0) is 10.0 Å². The first-order chi connectivity index (χ1) is 9.27. The van der Waals surface area contributed by atoms with E-state index in [1.165, 1.54) is 18.2 Å². The molecule has 0 saturated heterocycles. The van der Waals surface area contributed by atoms with Crippen molar-refractivity contribution in [2.75, 3.05) is 24.1 Å². The summed E-state index contributed by atoms with van der Waals surface area (Å²) >= 11 is 0. The third kappa shape index (κ3) is 4.36. The quantitative estimate of drug-likeness (QED) is 0.562. The molecule has 0 aliphatic carbocycles. The summed E-state index contributed by atoms with van der Waals surface area (Å²) in [6.45, 7) is 6.16. The minimum absolute atomic E-state index is 0.109. The van der Waals surface area contributed by atoms with Crippen LogP contribution < -0.4 is 15.8 Å². The first-order valence-electron chi connectivity index (χ1n) is 6.59. The Bertz CT molecular complexity index is 544. The molecule has 0 bridgehead atoms. The zero-order valence-corrected chi connectivity index (χ0v) is 12.9. The molecule has 7 heteroatoms. The van der Waals surface area contributed by atoms with Crippen molar-refractivity contribution in [2.45, 2.75) is 31.8 Å². The molecule has 0 radical (unpaired) electrons. The fourth-order valence-corrected chi connectivity index (χ4v) is 2.65. The van der Waals surface area contributed by atoms with Gasteiger partial charge in [-0.2, -0.15) is 0 Å². The van der Waals surface area contributed by atoms with Gasteiger partial charge in [0, 0.05) is 13.1 Å². The lowest BCUT2D eigenvalue weighted by atomic mass is 10.1. The molecule has 0 heterocycles. The molecular weight excluding hydrogens is 278 g/mol. The highest BCUT2D eigenvalue weighted by molar-refractivity contribution is 7.89. The van der Waals surface area contributed by atoms with Crippen LogP contribution in [0.3, 0.4) is 0 Å². The number of sulfonamides is 1. The SMILES string of the molecule is CCNS(=O)(=O)c1ccc(N)c(NCC(O)C(C)C)c1. The van der Waals surface area contributed by atoms with Gasteiger partial charge in [-0.25, -0.2) is 13.1 Å². The number of nitrogens with one attached hydrogen (secondary N) is 2. The van der Waals surface area contributed by atoms with Gasteiger partial charge in [-0.1, -0.05) is 20.8 Å². The maximum Gasteiger partial charge on any atom is 0.240 e. The molecule has 1 unspecified atom stereocenters. The Hall–Kier alpha value is -1.31. The lowest BCUT2D eigenvalue weighted by molar-refractivity contribution is 0.138. The molecule has 0 spiro atoms. The van der Waals surface area contributed by atoms with Gasteiger partial charge in [-0.05, 0) is 24.1 Å². The maximum absolute atomic E-state index is 11.9. The predicted octanol–water partition coefficient (Wildman–Crippen LogP) is 0.996. The number of hydrogen-bond acceptors (Lipinski definition) is 5. The van der Waals surface area contributed by atoms with Crippen molar-refractivity contribution in [1.82, 2.24) is 4.72 Å². The number of hydrogen-bond donors (Lipinski definition) is 4. The number of anilines is 2. The molecule has 0 aliphatic heterocycles. The van der Waals surface area contributed by atoms with Crippen molar-refractivity contribution in [3.8, 4) is 0 Å². The van der Waals surface area contributed by atoms with Gasteiger partial charge in [-0.15, -0.1) is 0 Å². The summed E-state index contributed by atoms with van der Waals surface area (Å²) in [7, 11) is -3.51. The number of benzene rings is 1. The van der Waals surface area contributed by atoms with Crippen LogP contribution in [0.5, 0.6) is 0 Å². The van der Waals surface area contributed by atoms with E-state index in [2.05, 4.69) is 10.0 Å². The lowest BCUT2D eigenvalue weighted by Crippen LogP contribution is -2.26. The molecule has 1 aromatic carbocycles. The molecule has 1 rings (SSSR count).